The zero-order valence-electron chi connectivity index (χ0n) is 9.75. The zero-order valence-corrected chi connectivity index (χ0v) is 9.75. The van der Waals surface area contributed by atoms with Gasteiger partial charge in [-0.1, -0.05) is 0 Å². The van der Waals surface area contributed by atoms with Crippen molar-refractivity contribution in [2.75, 3.05) is 5.43 Å². The molecule has 18 heavy (non-hydrogen) atoms. The van der Waals surface area contributed by atoms with E-state index in [2.05, 4.69) is 10.5 Å². The summed E-state index contributed by atoms with van der Waals surface area (Å²) in [5.41, 5.74) is 3.73. The average molecular weight is 244 g/mol. The topological polar surface area (TPSA) is 74.8 Å². The summed E-state index contributed by atoms with van der Waals surface area (Å²) in [7, 11) is 0. The highest BCUT2D eigenvalue weighted by atomic mass is 16.4. The lowest BCUT2D eigenvalue weighted by Crippen LogP contribution is -1.96. The number of anilines is 1. The van der Waals surface area contributed by atoms with E-state index in [1.807, 2.05) is 19.1 Å². The van der Waals surface area contributed by atoms with Crippen molar-refractivity contribution in [3.8, 4) is 0 Å². The van der Waals surface area contributed by atoms with E-state index in [4.69, 9.17) is 9.52 Å². The lowest BCUT2D eigenvalue weighted by Gasteiger charge is -1.99. The van der Waals surface area contributed by atoms with Gasteiger partial charge >= 0.3 is 5.97 Å². The Balaban J connectivity index is 1.98. The normalized spacial score (nSPS) is 10.7. The van der Waals surface area contributed by atoms with Crippen LogP contribution in [-0.4, -0.2) is 17.3 Å². The van der Waals surface area contributed by atoms with Crippen LogP contribution in [0.4, 0.5) is 5.69 Å². The van der Waals surface area contributed by atoms with Crippen LogP contribution in [0.25, 0.3) is 0 Å². The smallest absolute Gasteiger partial charge is 0.335 e. The number of carboxylic acid groups (broad SMARTS) is 1. The Labute approximate surface area is 104 Å². The summed E-state index contributed by atoms with van der Waals surface area (Å²) in [6.07, 6.45) is 1.55. The molecule has 0 saturated heterocycles. The Bertz CT molecular complexity index is 570. The highest BCUT2D eigenvalue weighted by Crippen LogP contribution is 2.09. The van der Waals surface area contributed by atoms with Gasteiger partial charge in [0.15, 0.2) is 0 Å². The van der Waals surface area contributed by atoms with E-state index in [0.717, 1.165) is 5.76 Å². The molecule has 5 nitrogen and oxygen atoms in total. The first-order chi connectivity index (χ1) is 8.65. The molecule has 2 N–H and O–H groups in total. The molecule has 1 heterocycles. The van der Waals surface area contributed by atoms with Crippen molar-refractivity contribution in [1.29, 1.82) is 0 Å². The first-order valence-electron chi connectivity index (χ1n) is 5.34. The largest absolute Gasteiger partial charge is 0.478 e. The predicted octanol–water partition coefficient (Wildman–Crippen LogP) is 2.73. The summed E-state index contributed by atoms with van der Waals surface area (Å²) >= 11 is 0. The summed E-state index contributed by atoms with van der Waals surface area (Å²) < 4.78 is 5.30. The summed E-state index contributed by atoms with van der Waals surface area (Å²) in [6, 6.07) is 9.98. The van der Waals surface area contributed by atoms with E-state index in [1.165, 1.54) is 12.1 Å². The van der Waals surface area contributed by atoms with Gasteiger partial charge in [-0.15, -0.1) is 0 Å². The molecular weight excluding hydrogens is 232 g/mol. The summed E-state index contributed by atoms with van der Waals surface area (Å²) in [5, 5.41) is 12.7. The van der Waals surface area contributed by atoms with Gasteiger partial charge in [0.1, 0.15) is 11.5 Å². The molecule has 0 atom stereocenters. The lowest BCUT2D eigenvalue weighted by molar-refractivity contribution is 0.0697. The van der Waals surface area contributed by atoms with E-state index in [1.54, 1.807) is 18.3 Å². The molecule has 0 fully saturated rings. The predicted molar refractivity (Wildman–Crippen MR) is 68.1 cm³/mol. The lowest BCUT2D eigenvalue weighted by atomic mass is 10.2. The number of aromatic carboxylic acids is 1. The number of hydrogen-bond donors (Lipinski definition) is 2. The molecule has 0 amide bonds. The van der Waals surface area contributed by atoms with Crippen LogP contribution in [0, 0.1) is 6.92 Å². The fourth-order valence-electron chi connectivity index (χ4n) is 1.38. The van der Waals surface area contributed by atoms with Crippen molar-refractivity contribution in [3.63, 3.8) is 0 Å². The van der Waals surface area contributed by atoms with Crippen molar-refractivity contribution in [2.24, 2.45) is 5.10 Å². The average Bonchev–Trinajstić information content (AvgIpc) is 2.76. The zero-order chi connectivity index (χ0) is 13.0. The third-order valence-corrected chi connectivity index (χ3v) is 2.28. The summed E-state index contributed by atoms with van der Waals surface area (Å²) in [4.78, 5) is 10.7. The molecule has 2 rings (SSSR count). The molecule has 0 aliphatic heterocycles. The molecule has 2 aromatic rings. The van der Waals surface area contributed by atoms with Gasteiger partial charge in [0, 0.05) is 0 Å². The number of hydrogen-bond acceptors (Lipinski definition) is 4. The number of carboxylic acids is 1. The van der Waals surface area contributed by atoms with Crippen molar-refractivity contribution < 1.29 is 14.3 Å². The van der Waals surface area contributed by atoms with Crippen LogP contribution >= 0.6 is 0 Å². The molecule has 0 spiro atoms. The third-order valence-electron chi connectivity index (χ3n) is 2.28. The van der Waals surface area contributed by atoms with Gasteiger partial charge in [0.05, 0.1) is 17.5 Å². The molecule has 0 aliphatic rings. The van der Waals surface area contributed by atoms with Gasteiger partial charge in [-0.2, -0.15) is 5.10 Å². The number of furan rings is 1. The number of rotatable bonds is 4. The van der Waals surface area contributed by atoms with Gasteiger partial charge in [0.25, 0.3) is 0 Å². The van der Waals surface area contributed by atoms with Crippen molar-refractivity contribution in [1.82, 2.24) is 0 Å². The van der Waals surface area contributed by atoms with Gasteiger partial charge in [-0.05, 0) is 43.3 Å². The van der Waals surface area contributed by atoms with Crippen LogP contribution in [0.5, 0.6) is 0 Å². The molecule has 0 bridgehead atoms. The molecular formula is C13H12N2O3. The second kappa shape index (κ2) is 5.18. The van der Waals surface area contributed by atoms with Crippen LogP contribution in [-0.2, 0) is 0 Å². The Kier molecular flexibility index (Phi) is 3.43. The first kappa shape index (κ1) is 11.9. The van der Waals surface area contributed by atoms with E-state index in [9.17, 15) is 4.79 Å². The van der Waals surface area contributed by atoms with E-state index < -0.39 is 5.97 Å². The number of hydrazone groups is 1. The van der Waals surface area contributed by atoms with E-state index in [0.29, 0.717) is 11.4 Å². The van der Waals surface area contributed by atoms with Gasteiger partial charge in [-0.3, -0.25) is 5.43 Å². The monoisotopic (exact) mass is 244 g/mol. The number of benzene rings is 1. The van der Waals surface area contributed by atoms with Crippen molar-refractivity contribution in [3.05, 3.63) is 53.5 Å². The summed E-state index contributed by atoms with van der Waals surface area (Å²) in [6.45, 7) is 1.86. The molecule has 1 aromatic heterocycles. The molecule has 0 unspecified atom stereocenters. The number of carbonyl (C=O) groups is 1. The van der Waals surface area contributed by atoms with Crippen LogP contribution in [0.2, 0.25) is 0 Å². The standard InChI is InChI=1S/C13H12N2O3/c1-9-2-7-12(18-9)8-14-15-11-5-3-10(4-6-11)13(16)17/h2-8,15H,1H3,(H,16,17). The SMILES string of the molecule is Cc1ccc(C=NNc2ccc(C(=O)O)cc2)o1. The second-order valence-electron chi connectivity index (χ2n) is 3.70. The minimum absolute atomic E-state index is 0.242. The Morgan fingerprint density at radius 1 is 1.28 bits per heavy atom. The van der Waals surface area contributed by atoms with Crippen LogP contribution in [0.1, 0.15) is 21.9 Å². The Morgan fingerprint density at radius 3 is 2.56 bits per heavy atom. The second-order valence-corrected chi connectivity index (χ2v) is 3.70. The van der Waals surface area contributed by atoms with E-state index >= 15 is 0 Å². The maximum absolute atomic E-state index is 10.7. The van der Waals surface area contributed by atoms with Crippen LogP contribution < -0.4 is 5.43 Å². The summed E-state index contributed by atoms with van der Waals surface area (Å²) in [5.74, 6) is 0.528. The maximum Gasteiger partial charge on any atom is 0.335 e. The minimum atomic E-state index is -0.948. The molecule has 92 valence electrons. The van der Waals surface area contributed by atoms with Crippen molar-refractivity contribution >= 4 is 17.9 Å². The highest BCUT2D eigenvalue weighted by Gasteiger charge is 2.00. The van der Waals surface area contributed by atoms with Gasteiger partial charge in [0.2, 0.25) is 0 Å². The minimum Gasteiger partial charge on any atom is -0.478 e. The third kappa shape index (κ3) is 2.98. The Morgan fingerprint density at radius 2 is 2.00 bits per heavy atom. The molecule has 1 aromatic carbocycles. The van der Waals surface area contributed by atoms with Gasteiger partial charge in [-0.25, -0.2) is 4.79 Å². The highest BCUT2D eigenvalue weighted by molar-refractivity contribution is 5.88. The number of aryl methyl sites for hydroxylation is 1. The Hall–Kier alpha value is -2.56. The molecule has 0 aliphatic carbocycles. The maximum atomic E-state index is 10.7. The molecule has 0 radical (unpaired) electrons. The van der Waals surface area contributed by atoms with Gasteiger partial charge < -0.3 is 9.52 Å². The first-order valence-corrected chi connectivity index (χ1v) is 5.34. The quantitative estimate of drug-likeness (QED) is 0.640. The van der Waals surface area contributed by atoms with Crippen LogP contribution in [0.15, 0.2) is 45.9 Å². The number of nitrogens with zero attached hydrogens (tertiary/aromatic N) is 1. The molecule has 5 heteroatoms. The fraction of sp³-hybridized carbons (Fsp3) is 0.0769. The fourth-order valence-corrected chi connectivity index (χ4v) is 1.38. The van der Waals surface area contributed by atoms with Crippen molar-refractivity contribution in [2.45, 2.75) is 6.92 Å². The molecule has 0 saturated carbocycles. The van der Waals surface area contributed by atoms with Crippen LogP contribution in [0.3, 0.4) is 0 Å². The number of nitrogens with one attached hydrogen (secondary N) is 1. The van der Waals surface area contributed by atoms with E-state index in [-0.39, 0.29) is 5.56 Å².